The van der Waals surface area contributed by atoms with E-state index in [1.807, 2.05) is 0 Å². The van der Waals surface area contributed by atoms with Crippen LogP contribution >= 0.6 is 0 Å². The number of rotatable bonds is 6. The first kappa shape index (κ1) is 15.6. The van der Waals surface area contributed by atoms with Crippen molar-refractivity contribution in [1.82, 2.24) is 0 Å². The molecule has 0 heterocycles. The summed E-state index contributed by atoms with van der Waals surface area (Å²) in [6, 6.07) is 10.9. The van der Waals surface area contributed by atoms with Crippen molar-refractivity contribution in [1.29, 1.82) is 0 Å². The van der Waals surface area contributed by atoms with Gasteiger partial charge in [0.05, 0.1) is 0 Å². The van der Waals surface area contributed by atoms with Crippen LogP contribution in [0.4, 0.5) is 0 Å². The molecule has 20 heavy (non-hydrogen) atoms. The maximum Gasteiger partial charge on any atom is -0.00462 e. The summed E-state index contributed by atoms with van der Waals surface area (Å²) in [5.41, 5.74) is 7.48. The second-order valence-electron chi connectivity index (χ2n) is 6.95. The van der Waals surface area contributed by atoms with Crippen LogP contribution in [0.15, 0.2) is 30.3 Å². The Hall–Kier alpha value is -0.820. The SMILES string of the molecule is CC(C)C1CCC(CN)C(CCCc2ccccc2)C1. The van der Waals surface area contributed by atoms with E-state index in [1.165, 1.54) is 44.1 Å². The molecule has 0 aliphatic heterocycles. The Kier molecular flexibility index (Phi) is 6.09. The topological polar surface area (TPSA) is 26.0 Å². The normalized spacial score (nSPS) is 26.9. The van der Waals surface area contributed by atoms with Crippen molar-refractivity contribution >= 4 is 0 Å². The summed E-state index contributed by atoms with van der Waals surface area (Å²) in [7, 11) is 0. The highest BCUT2D eigenvalue weighted by Crippen LogP contribution is 2.39. The number of nitrogens with two attached hydrogens (primary N) is 1. The van der Waals surface area contributed by atoms with Crippen molar-refractivity contribution in [2.24, 2.45) is 29.4 Å². The summed E-state index contributed by atoms with van der Waals surface area (Å²) in [6.45, 7) is 5.66. The van der Waals surface area contributed by atoms with Crippen molar-refractivity contribution in [3.63, 3.8) is 0 Å². The highest BCUT2D eigenvalue weighted by atomic mass is 14.6. The first-order valence-electron chi connectivity index (χ1n) is 8.44. The Bertz CT molecular complexity index is 371. The maximum atomic E-state index is 6.00. The van der Waals surface area contributed by atoms with Crippen molar-refractivity contribution < 1.29 is 0 Å². The van der Waals surface area contributed by atoms with E-state index < -0.39 is 0 Å². The van der Waals surface area contributed by atoms with Gasteiger partial charge in [-0.3, -0.25) is 0 Å². The lowest BCUT2D eigenvalue weighted by Crippen LogP contribution is -2.32. The molecule has 0 spiro atoms. The zero-order chi connectivity index (χ0) is 14.4. The third kappa shape index (κ3) is 4.34. The Labute approximate surface area is 125 Å². The lowest BCUT2D eigenvalue weighted by atomic mass is 9.69. The molecule has 0 saturated heterocycles. The van der Waals surface area contributed by atoms with Gasteiger partial charge in [-0.05, 0) is 74.3 Å². The molecule has 112 valence electrons. The molecular weight excluding hydrogens is 242 g/mol. The number of hydrogen-bond donors (Lipinski definition) is 1. The Balaban J connectivity index is 1.82. The molecule has 1 aromatic carbocycles. The quantitative estimate of drug-likeness (QED) is 0.801. The van der Waals surface area contributed by atoms with Crippen LogP contribution < -0.4 is 5.73 Å². The monoisotopic (exact) mass is 273 g/mol. The van der Waals surface area contributed by atoms with E-state index in [2.05, 4.69) is 44.2 Å². The van der Waals surface area contributed by atoms with Crippen molar-refractivity contribution in [2.45, 2.75) is 52.4 Å². The minimum Gasteiger partial charge on any atom is -0.330 e. The first-order valence-corrected chi connectivity index (χ1v) is 8.44. The van der Waals surface area contributed by atoms with Gasteiger partial charge in [-0.1, -0.05) is 44.2 Å². The predicted octanol–water partition coefficient (Wildman–Crippen LogP) is 4.66. The molecule has 3 atom stereocenters. The van der Waals surface area contributed by atoms with E-state index >= 15 is 0 Å². The van der Waals surface area contributed by atoms with Gasteiger partial charge in [-0.25, -0.2) is 0 Å². The average Bonchev–Trinajstić information content (AvgIpc) is 2.48. The zero-order valence-corrected chi connectivity index (χ0v) is 13.2. The van der Waals surface area contributed by atoms with E-state index in [4.69, 9.17) is 5.73 Å². The van der Waals surface area contributed by atoms with Crippen LogP contribution in [-0.4, -0.2) is 6.54 Å². The molecule has 0 aromatic heterocycles. The fourth-order valence-electron chi connectivity index (χ4n) is 3.85. The van der Waals surface area contributed by atoms with Gasteiger partial charge in [0.15, 0.2) is 0 Å². The second-order valence-corrected chi connectivity index (χ2v) is 6.95. The van der Waals surface area contributed by atoms with E-state index in [9.17, 15) is 0 Å². The van der Waals surface area contributed by atoms with E-state index in [1.54, 1.807) is 0 Å². The Morgan fingerprint density at radius 3 is 2.50 bits per heavy atom. The number of aryl methyl sites for hydroxylation is 1. The third-order valence-corrected chi connectivity index (χ3v) is 5.31. The minimum absolute atomic E-state index is 0.778. The summed E-state index contributed by atoms with van der Waals surface area (Å²) in [5, 5.41) is 0. The fourth-order valence-corrected chi connectivity index (χ4v) is 3.85. The van der Waals surface area contributed by atoms with Gasteiger partial charge in [0.25, 0.3) is 0 Å². The molecular formula is C19H31N. The molecule has 0 bridgehead atoms. The molecule has 1 aromatic rings. The molecule has 2 N–H and O–H groups in total. The second kappa shape index (κ2) is 7.83. The van der Waals surface area contributed by atoms with Gasteiger partial charge < -0.3 is 5.73 Å². The standard InChI is InChI=1S/C19H31N/c1-15(2)17-11-12-19(14-20)18(13-17)10-6-9-16-7-4-3-5-8-16/h3-5,7-8,15,17-19H,6,9-14,20H2,1-2H3. The summed E-state index contributed by atoms with van der Waals surface area (Å²) in [4.78, 5) is 0. The third-order valence-electron chi connectivity index (χ3n) is 5.31. The van der Waals surface area contributed by atoms with Crippen LogP contribution in [0, 0.1) is 23.7 Å². The molecule has 1 aliphatic rings. The van der Waals surface area contributed by atoms with Crippen LogP contribution in [0.1, 0.15) is 51.5 Å². The summed E-state index contributed by atoms with van der Waals surface area (Å²) >= 11 is 0. The lowest BCUT2D eigenvalue weighted by Gasteiger charge is -2.37. The van der Waals surface area contributed by atoms with Crippen molar-refractivity contribution in [2.75, 3.05) is 6.54 Å². The van der Waals surface area contributed by atoms with Crippen LogP contribution in [0.3, 0.4) is 0 Å². The van der Waals surface area contributed by atoms with Gasteiger partial charge in [0, 0.05) is 0 Å². The number of benzene rings is 1. The molecule has 1 aliphatic carbocycles. The highest BCUT2D eigenvalue weighted by molar-refractivity contribution is 5.14. The van der Waals surface area contributed by atoms with Crippen LogP contribution in [0.25, 0.3) is 0 Å². The molecule has 1 saturated carbocycles. The van der Waals surface area contributed by atoms with E-state index in [0.717, 1.165) is 30.2 Å². The van der Waals surface area contributed by atoms with Gasteiger partial charge in [0.2, 0.25) is 0 Å². The maximum absolute atomic E-state index is 6.00. The summed E-state index contributed by atoms with van der Waals surface area (Å²) < 4.78 is 0. The average molecular weight is 273 g/mol. The van der Waals surface area contributed by atoms with Gasteiger partial charge in [0.1, 0.15) is 0 Å². The minimum atomic E-state index is 0.778. The lowest BCUT2D eigenvalue weighted by molar-refractivity contribution is 0.142. The van der Waals surface area contributed by atoms with E-state index in [0.29, 0.717) is 0 Å². The highest BCUT2D eigenvalue weighted by Gasteiger charge is 2.30. The molecule has 0 radical (unpaired) electrons. The van der Waals surface area contributed by atoms with Crippen LogP contribution in [0.2, 0.25) is 0 Å². The Morgan fingerprint density at radius 1 is 1.10 bits per heavy atom. The largest absolute Gasteiger partial charge is 0.330 e. The fraction of sp³-hybridized carbons (Fsp3) is 0.684. The smallest absolute Gasteiger partial charge is 0.00462 e. The Morgan fingerprint density at radius 2 is 1.85 bits per heavy atom. The first-order chi connectivity index (χ1) is 9.70. The molecule has 1 fully saturated rings. The van der Waals surface area contributed by atoms with Crippen LogP contribution in [0.5, 0.6) is 0 Å². The zero-order valence-electron chi connectivity index (χ0n) is 13.2. The van der Waals surface area contributed by atoms with E-state index in [-0.39, 0.29) is 0 Å². The molecule has 1 heteroatoms. The molecule has 2 rings (SSSR count). The van der Waals surface area contributed by atoms with Crippen molar-refractivity contribution in [3.05, 3.63) is 35.9 Å². The molecule has 0 amide bonds. The van der Waals surface area contributed by atoms with Crippen molar-refractivity contribution in [3.8, 4) is 0 Å². The summed E-state index contributed by atoms with van der Waals surface area (Å²) in [6.07, 6.45) is 8.06. The summed E-state index contributed by atoms with van der Waals surface area (Å²) in [5.74, 6) is 3.41. The van der Waals surface area contributed by atoms with Gasteiger partial charge in [-0.2, -0.15) is 0 Å². The van der Waals surface area contributed by atoms with Gasteiger partial charge >= 0.3 is 0 Å². The van der Waals surface area contributed by atoms with Gasteiger partial charge in [-0.15, -0.1) is 0 Å². The molecule has 1 nitrogen and oxygen atoms in total. The molecule has 3 unspecified atom stereocenters. The predicted molar refractivity (Wildman–Crippen MR) is 87.6 cm³/mol. The van der Waals surface area contributed by atoms with Crippen LogP contribution in [-0.2, 0) is 6.42 Å². The number of hydrogen-bond acceptors (Lipinski definition) is 1.